The van der Waals surface area contributed by atoms with Gasteiger partial charge >= 0.3 is 0 Å². The predicted octanol–water partition coefficient (Wildman–Crippen LogP) is 3.54. The highest BCUT2D eigenvalue weighted by atomic mass is 32.1. The third kappa shape index (κ3) is 3.55. The van der Waals surface area contributed by atoms with Crippen molar-refractivity contribution in [3.63, 3.8) is 0 Å². The quantitative estimate of drug-likeness (QED) is 0.717. The van der Waals surface area contributed by atoms with Crippen molar-refractivity contribution in [1.29, 1.82) is 0 Å². The molecule has 8 heteroatoms. The fourth-order valence-corrected chi connectivity index (χ4v) is 2.98. The Hall–Kier alpha value is -2.87. The van der Waals surface area contributed by atoms with Gasteiger partial charge in [-0.1, -0.05) is 18.2 Å². The monoisotopic (exact) mass is 377 g/mol. The minimum atomic E-state index is -1.08. The molecule has 4 nitrogen and oxygen atoms in total. The standard InChI is InChI=1S/C18H14F3N3OS/c1-9-15(17(25)23-10-6-7-13(20)14(21)8-10)16(24-18(26)22-9)11-4-2-3-5-12(11)19/h2-8,16H,1H3,(H,23,25)(H2,22,24,26). The molecule has 0 radical (unpaired) electrons. The molecule has 3 N–H and O–H groups in total. The molecule has 0 fully saturated rings. The van der Waals surface area contributed by atoms with Crippen LogP contribution in [0.15, 0.2) is 53.7 Å². The molecule has 1 heterocycles. The number of allylic oxidation sites excluding steroid dienone is 1. The zero-order chi connectivity index (χ0) is 18.8. The average Bonchev–Trinajstić information content (AvgIpc) is 2.57. The van der Waals surface area contributed by atoms with Crippen LogP contribution in [0.5, 0.6) is 0 Å². The molecule has 1 amide bonds. The van der Waals surface area contributed by atoms with E-state index in [1.54, 1.807) is 19.1 Å². The van der Waals surface area contributed by atoms with E-state index in [-0.39, 0.29) is 21.9 Å². The molecule has 1 aliphatic heterocycles. The molecule has 3 rings (SSSR count). The number of carbonyl (C=O) groups is 1. The van der Waals surface area contributed by atoms with E-state index in [2.05, 4.69) is 16.0 Å². The Morgan fingerprint density at radius 2 is 1.81 bits per heavy atom. The first kappa shape index (κ1) is 17.9. The Labute approximate surface area is 153 Å². The minimum absolute atomic E-state index is 0.0784. The molecule has 0 bridgehead atoms. The lowest BCUT2D eigenvalue weighted by atomic mass is 9.94. The minimum Gasteiger partial charge on any atom is -0.351 e. The number of hydrogen-bond acceptors (Lipinski definition) is 2. The Kier molecular flexibility index (Phi) is 4.94. The number of carbonyl (C=O) groups excluding carboxylic acids is 1. The second-order valence-electron chi connectivity index (χ2n) is 5.67. The summed E-state index contributed by atoms with van der Waals surface area (Å²) in [6, 6.07) is 8.19. The Balaban J connectivity index is 1.97. The van der Waals surface area contributed by atoms with Crippen LogP contribution in [0, 0.1) is 17.5 Å². The molecule has 0 saturated heterocycles. The Morgan fingerprint density at radius 1 is 1.08 bits per heavy atom. The molecular formula is C18H14F3N3OS. The molecule has 1 atom stereocenters. The smallest absolute Gasteiger partial charge is 0.255 e. The Bertz CT molecular complexity index is 930. The lowest BCUT2D eigenvalue weighted by Gasteiger charge is -2.30. The van der Waals surface area contributed by atoms with Crippen molar-refractivity contribution in [2.24, 2.45) is 0 Å². The van der Waals surface area contributed by atoms with Gasteiger partial charge < -0.3 is 16.0 Å². The van der Waals surface area contributed by atoms with E-state index >= 15 is 0 Å². The summed E-state index contributed by atoms with van der Waals surface area (Å²) >= 11 is 5.10. The van der Waals surface area contributed by atoms with Crippen LogP contribution in [0.25, 0.3) is 0 Å². The summed E-state index contributed by atoms with van der Waals surface area (Å²) in [6.07, 6.45) is 0. The summed E-state index contributed by atoms with van der Waals surface area (Å²) < 4.78 is 40.7. The maximum absolute atomic E-state index is 14.2. The number of benzene rings is 2. The fraction of sp³-hybridized carbons (Fsp3) is 0.111. The van der Waals surface area contributed by atoms with E-state index in [1.807, 2.05) is 0 Å². The van der Waals surface area contributed by atoms with Crippen LogP contribution in [0.1, 0.15) is 18.5 Å². The van der Waals surface area contributed by atoms with Crippen molar-refractivity contribution in [3.05, 3.63) is 76.7 Å². The topological polar surface area (TPSA) is 53.2 Å². The van der Waals surface area contributed by atoms with Gasteiger partial charge in [0.1, 0.15) is 5.82 Å². The number of thiocarbonyl (C=S) groups is 1. The molecular weight excluding hydrogens is 363 g/mol. The highest BCUT2D eigenvalue weighted by Gasteiger charge is 2.31. The number of anilines is 1. The second-order valence-corrected chi connectivity index (χ2v) is 6.08. The third-order valence-corrected chi connectivity index (χ3v) is 4.13. The van der Waals surface area contributed by atoms with E-state index in [9.17, 15) is 18.0 Å². The van der Waals surface area contributed by atoms with Crippen molar-refractivity contribution in [2.75, 3.05) is 5.32 Å². The van der Waals surface area contributed by atoms with E-state index in [0.717, 1.165) is 12.1 Å². The maximum Gasteiger partial charge on any atom is 0.255 e. The van der Waals surface area contributed by atoms with Gasteiger partial charge in [0.2, 0.25) is 0 Å². The number of halogens is 3. The molecule has 134 valence electrons. The van der Waals surface area contributed by atoms with Gasteiger partial charge in [0.25, 0.3) is 5.91 Å². The number of hydrogen-bond donors (Lipinski definition) is 3. The highest BCUT2D eigenvalue weighted by molar-refractivity contribution is 7.80. The normalized spacial score (nSPS) is 16.8. The molecule has 0 spiro atoms. The van der Waals surface area contributed by atoms with Crippen molar-refractivity contribution in [3.8, 4) is 0 Å². The zero-order valence-electron chi connectivity index (χ0n) is 13.6. The van der Waals surface area contributed by atoms with Gasteiger partial charge in [-0.25, -0.2) is 13.2 Å². The molecule has 1 aliphatic rings. The maximum atomic E-state index is 14.2. The van der Waals surface area contributed by atoms with E-state index < -0.39 is 29.4 Å². The van der Waals surface area contributed by atoms with Gasteiger partial charge in [-0.05, 0) is 37.3 Å². The number of amides is 1. The summed E-state index contributed by atoms with van der Waals surface area (Å²) in [7, 11) is 0. The van der Waals surface area contributed by atoms with Crippen molar-refractivity contribution in [1.82, 2.24) is 10.6 Å². The summed E-state index contributed by atoms with van der Waals surface area (Å²) in [4.78, 5) is 12.7. The van der Waals surface area contributed by atoms with Gasteiger partial charge in [0.15, 0.2) is 16.7 Å². The summed E-state index contributed by atoms with van der Waals surface area (Å²) in [5.74, 6) is -3.20. The zero-order valence-corrected chi connectivity index (χ0v) is 14.4. The molecule has 2 aromatic carbocycles. The van der Waals surface area contributed by atoms with E-state index in [4.69, 9.17) is 12.2 Å². The molecule has 0 saturated carbocycles. The fourth-order valence-electron chi connectivity index (χ4n) is 2.71. The Morgan fingerprint density at radius 3 is 2.50 bits per heavy atom. The number of nitrogens with one attached hydrogen (secondary N) is 3. The summed E-state index contributed by atoms with van der Waals surface area (Å²) in [5, 5.41) is 8.43. The van der Waals surface area contributed by atoms with Crippen molar-refractivity contribution in [2.45, 2.75) is 13.0 Å². The summed E-state index contributed by atoms with van der Waals surface area (Å²) in [6.45, 7) is 1.63. The largest absolute Gasteiger partial charge is 0.351 e. The molecule has 1 unspecified atom stereocenters. The van der Waals surface area contributed by atoms with Crippen molar-refractivity contribution < 1.29 is 18.0 Å². The SMILES string of the molecule is CC1=C(C(=O)Nc2ccc(F)c(F)c2)C(c2ccccc2F)NC(=S)N1. The van der Waals surface area contributed by atoms with Crippen LogP contribution in [0.3, 0.4) is 0 Å². The first-order valence-corrected chi connectivity index (χ1v) is 8.06. The molecule has 26 heavy (non-hydrogen) atoms. The van der Waals surface area contributed by atoms with E-state index in [1.165, 1.54) is 18.2 Å². The van der Waals surface area contributed by atoms with Gasteiger partial charge in [-0.15, -0.1) is 0 Å². The predicted molar refractivity (Wildman–Crippen MR) is 95.7 cm³/mol. The van der Waals surface area contributed by atoms with Crippen LogP contribution in [-0.2, 0) is 4.79 Å². The molecule has 0 aliphatic carbocycles. The van der Waals surface area contributed by atoms with Crippen LogP contribution in [0.2, 0.25) is 0 Å². The lowest BCUT2D eigenvalue weighted by molar-refractivity contribution is -0.113. The van der Waals surface area contributed by atoms with Crippen LogP contribution in [-0.4, -0.2) is 11.0 Å². The average molecular weight is 377 g/mol. The molecule has 2 aromatic rings. The first-order chi connectivity index (χ1) is 12.4. The van der Waals surface area contributed by atoms with Crippen LogP contribution in [0.4, 0.5) is 18.9 Å². The van der Waals surface area contributed by atoms with Gasteiger partial charge in [-0.3, -0.25) is 4.79 Å². The van der Waals surface area contributed by atoms with Crippen LogP contribution < -0.4 is 16.0 Å². The third-order valence-electron chi connectivity index (χ3n) is 3.91. The first-order valence-electron chi connectivity index (χ1n) is 7.66. The van der Waals surface area contributed by atoms with Gasteiger partial charge in [0, 0.05) is 23.0 Å². The van der Waals surface area contributed by atoms with Crippen molar-refractivity contribution >= 4 is 28.9 Å². The number of rotatable bonds is 3. The van der Waals surface area contributed by atoms with Gasteiger partial charge in [0.05, 0.1) is 11.6 Å². The lowest BCUT2D eigenvalue weighted by Crippen LogP contribution is -2.46. The summed E-state index contributed by atoms with van der Waals surface area (Å²) in [5.41, 5.74) is 0.941. The van der Waals surface area contributed by atoms with Gasteiger partial charge in [-0.2, -0.15) is 0 Å². The highest BCUT2D eigenvalue weighted by Crippen LogP contribution is 2.29. The molecule has 0 aromatic heterocycles. The second kappa shape index (κ2) is 7.17. The van der Waals surface area contributed by atoms with E-state index in [0.29, 0.717) is 5.70 Å². The van der Waals surface area contributed by atoms with Crippen LogP contribution >= 0.6 is 12.2 Å².